The Morgan fingerprint density at radius 1 is 1.35 bits per heavy atom. The molecule has 1 aliphatic rings. The number of nitrogens with two attached hydrogens (primary N) is 1. The van der Waals surface area contributed by atoms with Crippen molar-refractivity contribution in [3.05, 3.63) is 41.4 Å². The quantitative estimate of drug-likeness (QED) is 0.341. The van der Waals surface area contributed by atoms with E-state index < -0.39 is 0 Å². The Morgan fingerprint density at radius 3 is 2.42 bits per heavy atom. The highest BCUT2D eigenvalue weighted by atomic mass is 35.5. The monoisotopic (exact) mass is 398 g/mol. The fourth-order valence-corrected chi connectivity index (χ4v) is 2.34. The second kappa shape index (κ2) is 14.8. The van der Waals surface area contributed by atoms with Gasteiger partial charge >= 0.3 is 0 Å². The number of rotatable bonds is 4. The van der Waals surface area contributed by atoms with Crippen LogP contribution in [-0.2, 0) is 4.74 Å². The van der Waals surface area contributed by atoms with E-state index in [2.05, 4.69) is 46.7 Å². The van der Waals surface area contributed by atoms with Crippen LogP contribution in [0, 0.1) is 0 Å². The van der Waals surface area contributed by atoms with E-state index in [0.29, 0.717) is 13.2 Å². The summed E-state index contributed by atoms with van der Waals surface area (Å²) >= 11 is 10.6. The number of ether oxygens (including phenoxy) is 1. The fraction of sp³-hybridized carbons (Fsp3) is 0.474. The fourth-order valence-electron chi connectivity index (χ4n) is 1.85. The summed E-state index contributed by atoms with van der Waals surface area (Å²) in [6.45, 7) is 12.5. The predicted octanol–water partition coefficient (Wildman–Crippen LogP) is 4.39. The van der Waals surface area contributed by atoms with Crippen LogP contribution in [0.5, 0.6) is 0 Å². The lowest BCUT2D eigenvalue weighted by Gasteiger charge is -2.29. The second-order valence-corrected chi connectivity index (χ2v) is 6.00. The van der Waals surface area contributed by atoms with Gasteiger partial charge in [-0.05, 0) is 45.0 Å². The number of allylic oxidation sites excluding steroid dienone is 4. The molecule has 0 aromatic carbocycles. The lowest BCUT2D eigenvalue weighted by molar-refractivity contribution is 0.122. The molecule has 26 heavy (non-hydrogen) atoms. The van der Waals surface area contributed by atoms with E-state index in [-0.39, 0.29) is 5.28 Å². The normalized spacial score (nSPS) is 14.3. The average molecular weight is 399 g/mol. The van der Waals surface area contributed by atoms with Crippen molar-refractivity contribution in [3.63, 3.8) is 0 Å². The van der Waals surface area contributed by atoms with Crippen molar-refractivity contribution in [1.29, 1.82) is 0 Å². The first-order valence-electron chi connectivity index (χ1n) is 8.62. The van der Waals surface area contributed by atoms with Crippen LogP contribution in [0.4, 0.5) is 5.82 Å². The minimum absolute atomic E-state index is 0.238. The van der Waals surface area contributed by atoms with Crippen LogP contribution in [0.3, 0.4) is 0 Å². The molecule has 7 heteroatoms. The van der Waals surface area contributed by atoms with Gasteiger partial charge in [-0.25, -0.2) is 4.98 Å². The van der Waals surface area contributed by atoms with Crippen LogP contribution in [0.1, 0.15) is 32.9 Å². The second-order valence-electron chi connectivity index (χ2n) is 5.21. The van der Waals surface area contributed by atoms with Crippen molar-refractivity contribution in [3.8, 4) is 0 Å². The van der Waals surface area contributed by atoms with Gasteiger partial charge in [0.15, 0.2) is 0 Å². The highest BCUT2D eigenvalue weighted by molar-refractivity contribution is 7.80. The van der Waals surface area contributed by atoms with Crippen molar-refractivity contribution in [1.82, 2.24) is 9.97 Å². The Kier molecular flexibility index (Phi) is 14.0. The largest absolute Gasteiger partial charge is 0.378 e. The third-order valence-electron chi connectivity index (χ3n) is 3.42. The maximum atomic E-state index is 6.03. The summed E-state index contributed by atoms with van der Waals surface area (Å²) < 4.78 is 5.35. The van der Waals surface area contributed by atoms with Crippen LogP contribution in [0.2, 0.25) is 5.28 Å². The van der Waals surface area contributed by atoms with Gasteiger partial charge in [-0.1, -0.05) is 30.7 Å². The van der Waals surface area contributed by atoms with E-state index >= 15 is 0 Å². The molecule has 0 amide bonds. The Morgan fingerprint density at radius 2 is 1.92 bits per heavy atom. The van der Waals surface area contributed by atoms with E-state index in [1.54, 1.807) is 0 Å². The van der Waals surface area contributed by atoms with Gasteiger partial charge < -0.3 is 15.4 Å². The van der Waals surface area contributed by atoms with Gasteiger partial charge in [-0.15, -0.1) is 19.2 Å². The molecule has 1 fully saturated rings. The summed E-state index contributed by atoms with van der Waals surface area (Å²) in [7, 11) is 1.50. The minimum Gasteiger partial charge on any atom is -0.378 e. The summed E-state index contributed by atoms with van der Waals surface area (Å²) in [5.74, 6) is 0.773. The van der Waals surface area contributed by atoms with Gasteiger partial charge in [0, 0.05) is 13.1 Å². The third-order valence-corrected chi connectivity index (χ3v) is 4.02. The first-order chi connectivity index (χ1) is 12.5. The lowest BCUT2D eigenvalue weighted by Crippen LogP contribution is -2.37. The standard InChI is InChI=1S/C14H18ClN3OS.C4H8.CH5N/c1-3-10(2)4-5-11-12(20)13(17-14(15)16-11)18-6-8-19-9-7-18;1-3-4-2;1-2/h3-5,20H,6-9H2,1-2H3;3H,1,4H2,2H3;2H2,1H3/b5-4+,10-3+;;. The Balaban J connectivity index is 0.000000920. The van der Waals surface area contributed by atoms with Crippen molar-refractivity contribution >= 4 is 36.1 Å². The first kappa shape index (κ1) is 24.7. The van der Waals surface area contributed by atoms with Gasteiger partial charge in [-0.3, -0.25) is 0 Å². The van der Waals surface area contributed by atoms with Crippen molar-refractivity contribution in [2.45, 2.75) is 32.1 Å². The van der Waals surface area contributed by atoms with Crippen LogP contribution in [0.15, 0.2) is 35.3 Å². The number of anilines is 1. The van der Waals surface area contributed by atoms with Crippen LogP contribution in [0.25, 0.3) is 6.08 Å². The van der Waals surface area contributed by atoms with E-state index in [1.165, 1.54) is 7.05 Å². The number of hydrogen-bond donors (Lipinski definition) is 2. The number of aromatic nitrogens is 2. The average Bonchev–Trinajstić information content (AvgIpc) is 2.70. The maximum Gasteiger partial charge on any atom is 0.224 e. The van der Waals surface area contributed by atoms with Gasteiger partial charge in [0.25, 0.3) is 0 Å². The molecule has 0 atom stereocenters. The molecule has 0 radical (unpaired) electrons. The highest BCUT2D eigenvalue weighted by Gasteiger charge is 2.18. The summed E-state index contributed by atoms with van der Waals surface area (Å²) in [6.07, 6.45) is 8.89. The molecule has 146 valence electrons. The summed E-state index contributed by atoms with van der Waals surface area (Å²) in [5.41, 5.74) is 6.39. The maximum absolute atomic E-state index is 6.03. The molecular formula is C19H31ClN4OS. The zero-order valence-corrected chi connectivity index (χ0v) is 17.9. The van der Waals surface area contributed by atoms with Crippen molar-refractivity contribution in [2.75, 3.05) is 38.3 Å². The molecule has 0 aliphatic carbocycles. The number of nitrogens with zero attached hydrogens (tertiary/aromatic N) is 3. The van der Waals surface area contributed by atoms with Gasteiger partial charge in [-0.2, -0.15) is 4.98 Å². The van der Waals surface area contributed by atoms with Crippen LogP contribution < -0.4 is 10.6 Å². The number of halogens is 1. The molecule has 1 saturated heterocycles. The van der Waals surface area contributed by atoms with Crippen molar-refractivity contribution in [2.24, 2.45) is 5.73 Å². The molecule has 0 unspecified atom stereocenters. The Labute approximate surface area is 168 Å². The molecule has 0 saturated carbocycles. The third kappa shape index (κ3) is 8.85. The van der Waals surface area contributed by atoms with E-state index in [9.17, 15) is 0 Å². The molecule has 1 aromatic rings. The Bertz CT molecular complexity index is 599. The van der Waals surface area contributed by atoms with E-state index in [4.69, 9.17) is 16.3 Å². The highest BCUT2D eigenvalue weighted by Crippen LogP contribution is 2.27. The molecule has 0 bridgehead atoms. The first-order valence-corrected chi connectivity index (χ1v) is 9.44. The smallest absolute Gasteiger partial charge is 0.224 e. The summed E-state index contributed by atoms with van der Waals surface area (Å²) in [6, 6.07) is 0. The molecule has 1 aliphatic heterocycles. The van der Waals surface area contributed by atoms with E-state index in [1.807, 2.05) is 38.2 Å². The molecule has 2 heterocycles. The van der Waals surface area contributed by atoms with Crippen LogP contribution >= 0.6 is 24.2 Å². The lowest BCUT2D eigenvalue weighted by atomic mass is 10.2. The molecule has 2 N–H and O–H groups in total. The summed E-state index contributed by atoms with van der Waals surface area (Å²) in [4.78, 5) is 11.4. The van der Waals surface area contributed by atoms with Gasteiger partial charge in [0.1, 0.15) is 5.82 Å². The molecule has 1 aromatic heterocycles. The van der Waals surface area contributed by atoms with Gasteiger partial charge in [0.2, 0.25) is 5.28 Å². The molecule has 0 spiro atoms. The zero-order chi connectivity index (χ0) is 19.9. The minimum atomic E-state index is 0.238. The van der Waals surface area contributed by atoms with Gasteiger partial charge in [0.05, 0.1) is 23.8 Å². The molecular weight excluding hydrogens is 368 g/mol. The zero-order valence-electron chi connectivity index (χ0n) is 16.2. The molecule has 5 nitrogen and oxygen atoms in total. The van der Waals surface area contributed by atoms with Crippen molar-refractivity contribution < 1.29 is 4.74 Å². The number of hydrogen-bond acceptors (Lipinski definition) is 6. The van der Waals surface area contributed by atoms with Crippen LogP contribution in [-0.4, -0.2) is 43.3 Å². The van der Waals surface area contributed by atoms with E-state index in [0.717, 1.165) is 41.5 Å². The predicted molar refractivity (Wildman–Crippen MR) is 116 cm³/mol. The Hall–Kier alpha value is -1.34. The summed E-state index contributed by atoms with van der Waals surface area (Å²) in [5, 5.41) is 0.238. The number of morpholine rings is 1. The number of thiol groups is 1. The SMILES string of the molecule is C/C=C(C)/C=C/c1nc(Cl)nc(N2CCOCC2)c1S.C=CCC.CN. The topological polar surface area (TPSA) is 64.3 Å². The molecule has 2 rings (SSSR count).